The molecule has 11 heavy (non-hydrogen) atoms. The van der Waals surface area contributed by atoms with Gasteiger partial charge >= 0.3 is 0 Å². The van der Waals surface area contributed by atoms with Crippen LogP contribution in [0, 0.1) is 5.92 Å². The van der Waals surface area contributed by atoms with Gasteiger partial charge in [-0.3, -0.25) is 0 Å². The summed E-state index contributed by atoms with van der Waals surface area (Å²) in [5, 5.41) is 0. The van der Waals surface area contributed by atoms with Crippen molar-refractivity contribution in [3.05, 3.63) is 0 Å². The molecule has 4 heteroatoms. The monoisotopic (exact) mass is 158 g/mol. The topological polar surface area (TPSA) is 44.8 Å². The number of rotatable bonds is 1. The zero-order chi connectivity index (χ0) is 7.73. The van der Waals surface area contributed by atoms with Gasteiger partial charge in [-0.15, -0.1) is 0 Å². The van der Waals surface area contributed by atoms with E-state index in [1.165, 1.54) is 0 Å². The Labute approximate surface area is 64.4 Å². The first kappa shape index (κ1) is 7.21. The molecule has 2 heterocycles. The summed E-state index contributed by atoms with van der Waals surface area (Å²) in [6, 6.07) is 0. The molecule has 0 aromatic rings. The summed E-state index contributed by atoms with van der Waals surface area (Å²) in [5.74, 6) is -0.980. The van der Waals surface area contributed by atoms with Crippen LogP contribution in [0.5, 0.6) is 0 Å². The quantitative estimate of drug-likeness (QED) is 0.486. The molecule has 0 aromatic carbocycles. The Balaban J connectivity index is 2.15. The summed E-state index contributed by atoms with van der Waals surface area (Å²) in [7, 11) is 0. The van der Waals surface area contributed by atoms with Crippen LogP contribution in [0.15, 0.2) is 0 Å². The van der Waals surface area contributed by atoms with Crippen molar-refractivity contribution in [1.29, 1.82) is 0 Å². The average molecular weight is 158 g/mol. The lowest BCUT2D eigenvalue weighted by molar-refractivity contribution is -0.177. The van der Waals surface area contributed by atoms with Crippen LogP contribution in [-0.4, -0.2) is 38.5 Å². The summed E-state index contributed by atoms with van der Waals surface area (Å²) >= 11 is 0. The fourth-order valence-corrected chi connectivity index (χ4v) is 1.47. The van der Waals surface area contributed by atoms with Gasteiger partial charge in [0.2, 0.25) is 5.79 Å². The van der Waals surface area contributed by atoms with Gasteiger partial charge in [-0.2, -0.15) is 0 Å². The van der Waals surface area contributed by atoms with Crippen LogP contribution in [0.25, 0.3) is 0 Å². The molecule has 4 nitrogen and oxygen atoms in total. The summed E-state index contributed by atoms with van der Waals surface area (Å²) < 4.78 is 15.8. The van der Waals surface area contributed by atoms with E-state index < -0.39 is 5.79 Å². The molecule has 2 aliphatic rings. The van der Waals surface area contributed by atoms with Crippen LogP contribution in [0.1, 0.15) is 0 Å². The summed E-state index contributed by atoms with van der Waals surface area (Å²) in [6.07, 6.45) is 0.846. The predicted molar refractivity (Wildman–Crippen MR) is 35.0 cm³/mol. The lowest BCUT2D eigenvalue weighted by Crippen LogP contribution is -2.39. The highest BCUT2D eigenvalue weighted by Gasteiger charge is 2.49. The molecule has 0 saturated carbocycles. The molecule has 0 bridgehead atoms. The maximum Gasteiger partial charge on any atom is 0.203 e. The van der Waals surface area contributed by atoms with Crippen molar-refractivity contribution in [2.24, 2.45) is 5.92 Å². The maximum absolute atomic E-state index is 10.5. The zero-order valence-electron chi connectivity index (χ0n) is 6.12. The lowest BCUT2D eigenvalue weighted by atomic mass is 10.1. The fourth-order valence-electron chi connectivity index (χ4n) is 1.47. The molecule has 62 valence electrons. The fraction of sp³-hybridized carbons (Fsp3) is 0.857. The first-order valence-corrected chi connectivity index (χ1v) is 3.68. The molecule has 1 atom stereocenters. The molecule has 0 aliphatic carbocycles. The highest BCUT2D eigenvalue weighted by Crippen LogP contribution is 2.32. The highest BCUT2D eigenvalue weighted by molar-refractivity contribution is 5.56. The predicted octanol–water partition coefficient (Wildman–Crippen LogP) is -0.425. The molecule has 2 saturated heterocycles. The summed E-state index contributed by atoms with van der Waals surface area (Å²) in [5.41, 5.74) is 0. The molecule has 0 aromatic heterocycles. The van der Waals surface area contributed by atoms with Crippen molar-refractivity contribution in [2.75, 3.05) is 26.4 Å². The van der Waals surface area contributed by atoms with E-state index in [9.17, 15) is 4.79 Å². The van der Waals surface area contributed by atoms with Gasteiger partial charge in [0.15, 0.2) is 0 Å². The van der Waals surface area contributed by atoms with Crippen LogP contribution in [0.3, 0.4) is 0 Å². The SMILES string of the molecule is O=CC1COCC12OCCO2. The number of carbonyl (C=O) groups excluding carboxylic acids is 1. The van der Waals surface area contributed by atoms with E-state index in [2.05, 4.69) is 0 Å². The molecule has 1 unspecified atom stereocenters. The standard InChI is InChI=1S/C7H10O4/c8-3-6-4-9-5-7(6)10-1-2-11-7/h3,6H,1-2,4-5H2. The van der Waals surface area contributed by atoms with Gasteiger partial charge in [0.05, 0.1) is 25.7 Å². The molecule has 2 aliphatic heterocycles. The minimum absolute atomic E-state index is 0.245. The second kappa shape index (κ2) is 2.55. The van der Waals surface area contributed by atoms with Crippen molar-refractivity contribution >= 4 is 6.29 Å². The molecular weight excluding hydrogens is 148 g/mol. The van der Waals surface area contributed by atoms with E-state index in [1.807, 2.05) is 0 Å². The van der Waals surface area contributed by atoms with Crippen molar-refractivity contribution in [3.63, 3.8) is 0 Å². The van der Waals surface area contributed by atoms with Crippen LogP contribution in [0.2, 0.25) is 0 Å². The van der Waals surface area contributed by atoms with Gasteiger partial charge in [-0.1, -0.05) is 0 Å². The third-order valence-corrected chi connectivity index (χ3v) is 2.11. The van der Waals surface area contributed by atoms with E-state index >= 15 is 0 Å². The first-order chi connectivity index (χ1) is 5.37. The van der Waals surface area contributed by atoms with Gasteiger partial charge < -0.3 is 19.0 Å². The Bertz CT molecular complexity index is 156. The average Bonchev–Trinajstić information content (AvgIpc) is 2.62. The van der Waals surface area contributed by atoms with Crippen LogP contribution in [0.4, 0.5) is 0 Å². The first-order valence-electron chi connectivity index (χ1n) is 3.68. The number of hydrogen-bond acceptors (Lipinski definition) is 4. The highest BCUT2D eigenvalue weighted by atomic mass is 16.8. The summed E-state index contributed by atoms with van der Waals surface area (Å²) in [4.78, 5) is 10.5. The minimum atomic E-state index is -0.734. The summed E-state index contributed by atoms with van der Waals surface area (Å²) in [6.45, 7) is 1.93. The van der Waals surface area contributed by atoms with Gasteiger partial charge in [0.25, 0.3) is 0 Å². The van der Waals surface area contributed by atoms with E-state index in [0.29, 0.717) is 26.4 Å². The van der Waals surface area contributed by atoms with Crippen LogP contribution in [-0.2, 0) is 19.0 Å². The van der Waals surface area contributed by atoms with E-state index in [0.717, 1.165) is 6.29 Å². The number of hydrogen-bond donors (Lipinski definition) is 0. The van der Waals surface area contributed by atoms with Crippen LogP contribution < -0.4 is 0 Å². The van der Waals surface area contributed by atoms with Gasteiger partial charge in [0, 0.05) is 0 Å². The Kier molecular flexibility index (Phi) is 1.67. The Morgan fingerprint density at radius 3 is 2.73 bits per heavy atom. The third kappa shape index (κ3) is 0.982. The molecule has 2 fully saturated rings. The number of aldehydes is 1. The Morgan fingerprint density at radius 1 is 1.36 bits per heavy atom. The van der Waals surface area contributed by atoms with E-state index in [4.69, 9.17) is 14.2 Å². The minimum Gasteiger partial charge on any atom is -0.375 e. The molecule has 0 radical (unpaired) electrons. The number of ether oxygens (including phenoxy) is 3. The van der Waals surface area contributed by atoms with Crippen molar-refractivity contribution < 1.29 is 19.0 Å². The molecular formula is C7H10O4. The third-order valence-electron chi connectivity index (χ3n) is 2.11. The maximum atomic E-state index is 10.5. The molecule has 0 amide bonds. The zero-order valence-corrected chi connectivity index (χ0v) is 6.12. The van der Waals surface area contributed by atoms with E-state index in [-0.39, 0.29) is 5.92 Å². The second-order valence-electron chi connectivity index (χ2n) is 2.77. The van der Waals surface area contributed by atoms with Crippen molar-refractivity contribution in [3.8, 4) is 0 Å². The largest absolute Gasteiger partial charge is 0.375 e. The second-order valence-corrected chi connectivity index (χ2v) is 2.77. The molecule has 0 N–H and O–H groups in total. The number of carbonyl (C=O) groups is 1. The van der Waals surface area contributed by atoms with Gasteiger partial charge in [-0.05, 0) is 0 Å². The normalized spacial score (nSPS) is 34.7. The smallest absolute Gasteiger partial charge is 0.203 e. The van der Waals surface area contributed by atoms with Gasteiger partial charge in [0.1, 0.15) is 12.9 Å². The van der Waals surface area contributed by atoms with Crippen LogP contribution >= 0.6 is 0 Å². The molecule has 1 spiro atoms. The lowest BCUT2D eigenvalue weighted by Gasteiger charge is -2.22. The van der Waals surface area contributed by atoms with Crippen molar-refractivity contribution in [2.45, 2.75) is 5.79 Å². The Morgan fingerprint density at radius 2 is 2.09 bits per heavy atom. The Hall–Kier alpha value is -0.450. The van der Waals surface area contributed by atoms with Crippen molar-refractivity contribution in [1.82, 2.24) is 0 Å². The molecule has 2 rings (SSSR count). The van der Waals surface area contributed by atoms with E-state index in [1.54, 1.807) is 0 Å². The van der Waals surface area contributed by atoms with Gasteiger partial charge in [-0.25, -0.2) is 0 Å².